The van der Waals surface area contributed by atoms with Crippen molar-refractivity contribution in [3.63, 3.8) is 0 Å². The fourth-order valence-corrected chi connectivity index (χ4v) is 2.49. The van der Waals surface area contributed by atoms with Crippen LogP contribution < -0.4 is 10.6 Å². The zero-order valence-corrected chi connectivity index (χ0v) is 15.4. The Labute approximate surface area is 160 Å². The van der Waals surface area contributed by atoms with Crippen molar-refractivity contribution in [2.24, 2.45) is 0 Å². The van der Waals surface area contributed by atoms with Gasteiger partial charge in [-0.1, -0.05) is 18.1 Å². The summed E-state index contributed by atoms with van der Waals surface area (Å²) in [5.41, 5.74) is 3.17. The lowest BCUT2D eigenvalue weighted by atomic mass is 10.1. The number of nitro benzene ring substituents is 1. The van der Waals surface area contributed by atoms with Gasteiger partial charge in [-0.15, -0.1) is 0 Å². The van der Waals surface area contributed by atoms with Gasteiger partial charge in [0.1, 0.15) is 0 Å². The average molecular weight is 381 g/mol. The molecule has 3 rings (SSSR count). The Bertz CT molecular complexity index is 998. The second kappa shape index (κ2) is 8.30. The number of aromatic nitrogens is 2. The number of aryl methyl sites for hydroxylation is 1. The quantitative estimate of drug-likeness (QED) is 0.470. The van der Waals surface area contributed by atoms with Gasteiger partial charge < -0.3 is 15.2 Å². The number of hydrogen-bond donors (Lipinski definition) is 2. The van der Waals surface area contributed by atoms with Crippen molar-refractivity contribution in [2.75, 3.05) is 10.6 Å². The number of nitrogens with zero attached hydrogens (tertiary/aromatic N) is 3. The Balaban J connectivity index is 1.68. The summed E-state index contributed by atoms with van der Waals surface area (Å²) in [6.07, 6.45) is 0.407. The van der Waals surface area contributed by atoms with E-state index in [1.165, 1.54) is 12.1 Å². The van der Waals surface area contributed by atoms with Crippen molar-refractivity contribution in [2.45, 2.75) is 26.8 Å². The number of carbonyl (C=O) groups is 1. The second-order valence-electron chi connectivity index (χ2n) is 6.10. The summed E-state index contributed by atoms with van der Waals surface area (Å²) < 4.78 is 5.24. The number of non-ortho nitro benzene ring substituents is 1. The third-order valence-corrected chi connectivity index (χ3v) is 4.08. The molecule has 0 saturated carbocycles. The van der Waals surface area contributed by atoms with Gasteiger partial charge in [0.05, 0.1) is 11.5 Å². The summed E-state index contributed by atoms with van der Waals surface area (Å²) >= 11 is 0. The first-order valence-corrected chi connectivity index (χ1v) is 8.68. The molecule has 1 amide bonds. The van der Waals surface area contributed by atoms with E-state index in [4.69, 9.17) is 4.52 Å². The molecule has 9 heteroatoms. The van der Waals surface area contributed by atoms with E-state index in [-0.39, 0.29) is 11.6 Å². The number of hydrogen-bond acceptors (Lipinski definition) is 7. The molecule has 0 unspecified atom stereocenters. The Morgan fingerprint density at radius 2 is 1.96 bits per heavy atom. The number of benzene rings is 2. The molecule has 0 fully saturated rings. The summed E-state index contributed by atoms with van der Waals surface area (Å²) in [6.45, 7) is 4.04. The normalized spacial score (nSPS) is 10.5. The van der Waals surface area contributed by atoms with Gasteiger partial charge >= 0.3 is 0 Å². The van der Waals surface area contributed by atoms with E-state index in [2.05, 4.69) is 20.8 Å². The van der Waals surface area contributed by atoms with Crippen molar-refractivity contribution >= 4 is 23.0 Å². The maximum atomic E-state index is 11.6. The maximum Gasteiger partial charge on any atom is 0.269 e. The van der Waals surface area contributed by atoms with Gasteiger partial charge in [-0.25, -0.2) is 0 Å². The Morgan fingerprint density at radius 3 is 2.64 bits per heavy atom. The minimum atomic E-state index is -0.464. The minimum Gasteiger partial charge on any atom is -0.376 e. The number of nitrogens with one attached hydrogen (secondary N) is 2. The van der Waals surface area contributed by atoms with Gasteiger partial charge in [0.2, 0.25) is 17.6 Å². The first-order chi connectivity index (χ1) is 13.5. The fraction of sp³-hybridized carbons (Fsp3) is 0.211. The third-order valence-electron chi connectivity index (χ3n) is 4.08. The van der Waals surface area contributed by atoms with Crippen molar-refractivity contribution < 1.29 is 14.2 Å². The van der Waals surface area contributed by atoms with E-state index in [1.54, 1.807) is 19.1 Å². The molecule has 3 aromatic rings. The average Bonchev–Trinajstić information content (AvgIpc) is 3.17. The van der Waals surface area contributed by atoms with Gasteiger partial charge in [-0.05, 0) is 36.8 Å². The van der Waals surface area contributed by atoms with Crippen LogP contribution >= 0.6 is 0 Å². The zero-order chi connectivity index (χ0) is 20.1. The van der Waals surface area contributed by atoms with Gasteiger partial charge in [0, 0.05) is 35.5 Å². The SMILES string of the molecule is CCC(=O)Nc1ccc(C)c(NCc2nc(-c3ccc([N+](=O)[O-])cc3)no2)c1. The number of nitro groups is 1. The number of amides is 1. The van der Waals surface area contributed by atoms with Crippen LogP contribution in [0.1, 0.15) is 24.8 Å². The van der Waals surface area contributed by atoms with Crippen LogP contribution in [-0.2, 0) is 11.3 Å². The summed E-state index contributed by atoms with van der Waals surface area (Å²) in [5, 5.41) is 20.7. The zero-order valence-electron chi connectivity index (χ0n) is 15.4. The smallest absolute Gasteiger partial charge is 0.269 e. The Kier molecular flexibility index (Phi) is 5.64. The largest absolute Gasteiger partial charge is 0.376 e. The molecular weight excluding hydrogens is 362 g/mol. The first-order valence-electron chi connectivity index (χ1n) is 8.68. The summed E-state index contributed by atoms with van der Waals surface area (Å²) in [4.78, 5) is 26.1. The highest BCUT2D eigenvalue weighted by Gasteiger charge is 2.11. The number of carbonyl (C=O) groups excluding carboxylic acids is 1. The molecular formula is C19H19N5O4. The van der Waals surface area contributed by atoms with Gasteiger partial charge in [-0.2, -0.15) is 4.98 Å². The molecule has 1 aromatic heterocycles. The molecule has 0 radical (unpaired) electrons. The monoisotopic (exact) mass is 381 g/mol. The molecule has 9 nitrogen and oxygen atoms in total. The lowest BCUT2D eigenvalue weighted by molar-refractivity contribution is -0.384. The van der Waals surface area contributed by atoms with E-state index in [0.717, 1.165) is 11.3 Å². The highest BCUT2D eigenvalue weighted by atomic mass is 16.6. The first kappa shape index (κ1) is 19.0. The lowest BCUT2D eigenvalue weighted by Gasteiger charge is -2.10. The maximum absolute atomic E-state index is 11.6. The van der Waals surface area contributed by atoms with Crippen LogP contribution in [0.3, 0.4) is 0 Å². The summed E-state index contributed by atoms with van der Waals surface area (Å²) in [6, 6.07) is 11.5. The van der Waals surface area contributed by atoms with Crippen LogP contribution in [0.4, 0.5) is 17.1 Å². The third kappa shape index (κ3) is 4.50. The Morgan fingerprint density at radius 1 is 1.21 bits per heavy atom. The Hall–Kier alpha value is -3.75. The topological polar surface area (TPSA) is 123 Å². The lowest BCUT2D eigenvalue weighted by Crippen LogP contribution is -2.10. The van der Waals surface area contributed by atoms with E-state index < -0.39 is 4.92 Å². The molecule has 1 heterocycles. The van der Waals surface area contributed by atoms with Crippen LogP contribution in [0.2, 0.25) is 0 Å². The number of anilines is 2. The molecule has 28 heavy (non-hydrogen) atoms. The number of rotatable bonds is 7. The van der Waals surface area contributed by atoms with Crippen molar-refractivity contribution in [1.29, 1.82) is 0 Å². The minimum absolute atomic E-state index is 0.000318. The molecule has 0 saturated heterocycles. The van der Waals surface area contributed by atoms with Gasteiger partial charge in [0.25, 0.3) is 5.69 Å². The highest BCUT2D eigenvalue weighted by molar-refractivity contribution is 5.91. The predicted octanol–water partition coefficient (Wildman–Crippen LogP) is 3.91. The predicted molar refractivity (Wildman–Crippen MR) is 104 cm³/mol. The summed E-state index contributed by atoms with van der Waals surface area (Å²) in [7, 11) is 0. The molecule has 144 valence electrons. The van der Waals surface area contributed by atoms with Crippen molar-refractivity contribution in [3.8, 4) is 11.4 Å². The summed E-state index contributed by atoms with van der Waals surface area (Å²) in [5.74, 6) is 0.669. The molecule has 2 aromatic carbocycles. The molecule has 2 N–H and O–H groups in total. The van der Waals surface area contributed by atoms with Gasteiger partial charge in [0.15, 0.2) is 0 Å². The van der Waals surface area contributed by atoms with Gasteiger partial charge in [-0.3, -0.25) is 14.9 Å². The standard InChI is InChI=1S/C19H19N5O4/c1-3-17(25)21-14-7-4-12(2)16(10-14)20-11-18-22-19(23-28-18)13-5-8-15(9-6-13)24(26)27/h4-10,20H,3,11H2,1-2H3,(H,21,25). The molecule has 0 aliphatic carbocycles. The van der Waals surface area contributed by atoms with Crippen LogP contribution in [0.25, 0.3) is 11.4 Å². The second-order valence-corrected chi connectivity index (χ2v) is 6.10. The highest BCUT2D eigenvalue weighted by Crippen LogP contribution is 2.22. The van der Waals surface area contributed by atoms with E-state index >= 15 is 0 Å². The van der Waals surface area contributed by atoms with E-state index in [9.17, 15) is 14.9 Å². The molecule has 0 aliphatic rings. The van der Waals surface area contributed by atoms with E-state index in [0.29, 0.717) is 35.9 Å². The van der Waals surface area contributed by atoms with Crippen LogP contribution in [0.5, 0.6) is 0 Å². The van der Waals surface area contributed by atoms with Crippen LogP contribution in [0, 0.1) is 17.0 Å². The van der Waals surface area contributed by atoms with Crippen molar-refractivity contribution in [1.82, 2.24) is 10.1 Å². The molecule has 0 bridgehead atoms. The van der Waals surface area contributed by atoms with Crippen molar-refractivity contribution in [3.05, 3.63) is 64.0 Å². The molecule has 0 atom stereocenters. The molecule has 0 aliphatic heterocycles. The fourth-order valence-electron chi connectivity index (χ4n) is 2.49. The molecule has 0 spiro atoms. The van der Waals surface area contributed by atoms with E-state index in [1.807, 2.05) is 25.1 Å². The van der Waals surface area contributed by atoms with Crippen LogP contribution in [-0.4, -0.2) is 21.0 Å². The van der Waals surface area contributed by atoms with Crippen LogP contribution in [0.15, 0.2) is 47.0 Å².